The molecule has 0 saturated carbocycles. The molecule has 0 aliphatic carbocycles. The molecule has 0 spiro atoms. The second-order valence-electron chi connectivity index (χ2n) is 5.68. The van der Waals surface area contributed by atoms with Gasteiger partial charge in [-0.05, 0) is 23.8 Å². The zero-order valence-corrected chi connectivity index (χ0v) is 14.5. The summed E-state index contributed by atoms with van der Waals surface area (Å²) >= 11 is 1.82. The first-order valence-corrected chi connectivity index (χ1v) is 9.89. The summed E-state index contributed by atoms with van der Waals surface area (Å²) in [4.78, 5) is 0.428. The molecule has 1 fully saturated rings. The molecular formula is C15H24N2O2S2. The van der Waals surface area contributed by atoms with Crippen molar-refractivity contribution in [3.8, 4) is 0 Å². The van der Waals surface area contributed by atoms with Crippen LogP contribution in [0.3, 0.4) is 0 Å². The first kappa shape index (κ1) is 16.8. The summed E-state index contributed by atoms with van der Waals surface area (Å²) in [6.45, 7) is 4.68. The van der Waals surface area contributed by atoms with Gasteiger partial charge in [-0.2, -0.15) is 16.1 Å². The highest BCUT2D eigenvalue weighted by Crippen LogP contribution is 2.27. The number of hydrogen-bond donors (Lipinski definition) is 1. The lowest BCUT2D eigenvalue weighted by Crippen LogP contribution is -2.37. The molecule has 0 bridgehead atoms. The van der Waals surface area contributed by atoms with E-state index in [0.717, 1.165) is 23.5 Å². The molecule has 1 aliphatic heterocycles. The van der Waals surface area contributed by atoms with Crippen molar-refractivity contribution in [2.24, 2.45) is 0 Å². The second-order valence-corrected chi connectivity index (χ2v) is 8.80. The molecule has 1 unspecified atom stereocenters. The van der Waals surface area contributed by atoms with Gasteiger partial charge in [0.15, 0.2) is 0 Å². The summed E-state index contributed by atoms with van der Waals surface area (Å²) in [6.07, 6.45) is 0.937. The third kappa shape index (κ3) is 4.00. The standard InChI is InChI=1S/C15H24N2O2S2/c1-12(2)16-10-13-6-4-5-7-15(13)21(18,19)17(3)14-8-9-20-11-14/h4-7,12,14,16H,8-11H2,1-3H3. The third-order valence-electron chi connectivity index (χ3n) is 3.75. The van der Waals surface area contributed by atoms with E-state index in [4.69, 9.17) is 0 Å². The SMILES string of the molecule is CC(C)NCc1ccccc1S(=O)(=O)N(C)C1CCSC1. The Morgan fingerprint density at radius 1 is 1.38 bits per heavy atom. The van der Waals surface area contributed by atoms with Gasteiger partial charge in [0, 0.05) is 31.4 Å². The van der Waals surface area contributed by atoms with E-state index in [1.54, 1.807) is 23.5 Å². The van der Waals surface area contributed by atoms with E-state index < -0.39 is 10.0 Å². The van der Waals surface area contributed by atoms with Gasteiger partial charge in [-0.15, -0.1) is 0 Å². The van der Waals surface area contributed by atoms with Gasteiger partial charge in [0.05, 0.1) is 4.90 Å². The number of benzene rings is 1. The summed E-state index contributed by atoms with van der Waals surface area (Å²) in [7, 11) is -1.71. The van der Waals surface area contributed by atoms with E-state index in [0.29, 0.717) is 17.5 Å². The van der Waals surface area contributed by atoms with Crippen LogP contribution in [-0.2, 0) is 16.6 Å². The van der Waals surface area contributed by atoms with Gasteiger partial charge >= 0.3 is 0 Å². The minimum Gasteiger partial charge on any atom is -0.310 e. The Morgan fingerprint density at radius 2 is 2.10 bits per heavy atom. The monoisotopic (exact) mass is 328 g/mol. The zero-order valence-electron chi connectivity index (χ0n) is 12.9. The van der Waals surface area contributed by atoms with Crippen LogP contribution in [0.4, 0.5) is 0 Å². The van der Waals surface area contributed by atoms with Gasteiger partial charge in [-0.1, -0.05) is 32.0 Å². The van der Waals surface area contributed by atoms with Gasteiger partial charge in [0.25, 0.3) is 0 Å². The lowest BCUT2D eigenvalue weighted by molar-refractivity contribution is 0.394. The second kappa shape index (κ2) is 7.13. The smallest absolute Gasteiger partial charge is 0.243 e. The molecule has 4 nitrogen and oxygen atoms in total. The number of thioether (sulfide) groups is 1. The zero-order chi connectivity index (χ0) is 15.5. The molecule has 21 heavy (non-hydrogen) atoms. The number of hydrogen-bond acceptors (Lipinski definition) is 4. The number of nitrogens with zero attached hydrogens (tertiary/aromatic N) is 1. The third-order valence-corrected chi connectivity index (χ3v) is 6.91. The van der Waals surface area contributed by atoms with Crippen LogP contribution in [0.25, 0.3) is 0 Å². The topological polar surface area (TPSA) is 49.4 Å². The van der Waals surface area contributed by atoms with Crippen molar-refractivity contribution in [2.75, 3.05) is 18.6 Å². The molecule has 1 N–H and O–H groups in total. The van der Waals surface area contributed by atoms with Gasteiger partial charge in [-0.3, -0.25) is 0 Å². The van der Waals surface area contributed by atoms with Crippen molar-refractivity contribution in [1.29, 1.82) is 0 Å². The highest BCUT2D eigenvalue weighted by Gasteiger charge is 2.31. The van der Waals surface area contributed by atoms with Crippen LogP contribution >= 0.6 is 11.8 Å². The van der Waals surface area contributed by atoms with Crippen molar-refractivity contribution >= 4 is 21.8 Å². The summed E-state index contributed by atoms with van der Waals surface area (Å²) < 4.78 is 27.3. The van der Waals surface area contributed by atoms with Crippen molar-refractivity contribution in [2.45, 2.75) is 43.8 Å². The van der Waals surface area contributed by atoms with E-state index in [9.17, 15) is 8.42 Å². The average Bonchev–Trinajstić information content (AvgIpc) is 2.98. The highest BCUT2D eigenvalue weighted by molar-refractivity contribution is 7.99. The minimum atomic E-state index is -3.42. The normalized spacial score (nSPS) is 19.6. The molecule has 1 aromatic carbocycles. The maximum absolute atomic E-state index is 12.9. The Bertz CT molecular complexity index is 567. The summed E-state index contributed by atoms with van der Waals surface area (Å²) in [6, 6.07) is 7.73. The molecule has 0 aromatic heterocycles. The first-order valence-electron chi connectivity index (χ1n) is 7.30. The number of sulfonamides is 1. The summed E-state index contributed by atoms with van der Waals surface area (Å²) in [5, 5.41) is 3.30. The molecular weight excluding hydrogens is 304 g/mol. The highest BCUT2D eigenvalue weighted by atomic mass is 32.2. The fourth-order valence-corrected chi connectivity index (χ4v) is 5.34. The van der Waals surface area contributed by atoms with Crippen LogP contribution in [0.5, 0.6) is 0 Å². The molecule has 2 rings (SSSR count). The average molecular weight is 329 g/mol. The molecule has 1 heterocycles. The Kier molecular flexibility index (Phi) is 5.71. The summed E-state index contributed by atoms with van der Waals surface area (Å²) in [5.41, 5.74) is 0.837. The predicted octanol–water partition coefficient (Wildman–Crippen LogP) is 2.31. The Labute approximate surface area is 132 Å². The Morgan fingerprint density at radius 3 is 2.71 bits per heavy atom. The molecule has 1 saturated heterocycles. The largest absolute Gasteiger partial charge is 0.310 e. The van der Waals surface area contributed by atoms with E-state index in [1.165, 1.54) is 0 Å². The van der Waals surface area contributed by atoms with Crippen LogP contribution in [0, 0.1) is 0 Å². The van der Waals surface area contributed by atoms with Gasteiger partial charge in [-0.25, -0.2) is 8.42 Å². The van der Waals surface area contributed by atoms with Crippen molar-refractivity contribution < 1.29 is 8.42 Å². The first-order chi connectivity index (χ1) is 9.93. The van der Waals surface area contributed by atoms with Crippen LogP contribution in [-0.4, -0.2) is 43.4 Å². The predicted molar refractivity (Wildman–Crippen MR) is 89.1 cm³/mol. The number of rotatable bonds is 6. The lowest BCUT2D eigenvalue weighted by Gasteiger charge is -2.24. The van der Waals surface area contributed by atoms with E-state index >= 15 is 0 Å². The van der Waals surface area contributed by atoms with Crippen LogP contribution in [0.2, 0.25) is 0 Å². The number of nitrogens with one attached hydrogen (secondary N) is 1. The minimum absolute atomic E-state index is 0.117. The Hall–Kier alpha value is -0.560. The summed E-state index contributed by atoms with van der Waals surface area (Å²) in [5.74, 6) is 1.93. The molecule has 0 amide bonds. The van der Waals surface area contributed by atoms with Crippen molar-refractivity contribution in [1.82, 2.24) is 9.62 Å². The van der Waals surface area contributed by atoms with Gasteiger partial charge in [0.1, 0.15) is 0 Å². The van der Waals surface area contributed by atoms with Gasteiger partial charge in [0.2, 0.25) is 10.0 Å². The van der Waals surface area contributed by atoms with Crippen molar-refractivity contribution in [3.63, 3.8) is 0 Å². The van der Waals surface area contributed by atoms with E-state index in [-0.39, 0.29) is 6.04 Å². The lowest BCUT2D eigenvalue weighted by atomic mass is 10.2. The molecule has 6 heteroatoms. The molecule has 0 radical (unpaired) electrons. The Balaban J connectivity index is 2.26. The van der Waals surface area contributed by atoms with Crippen molar-refractivity contribution in [3.05, 3.63) is 29.8 Å². The molecule has 1 atom stereocenters. The fourth-order valence-electron chi connectivity index (χ4n) is 2.38. The van der Waals surface area contributed by atoms with E-state index in [2.05, 4.69) is 19.2 Å². The maximum Gasteiger partial charge on any atom is 0.243 e. The van der Waals surface area contributed by atoms with Crippen LogP contribution in [0.1, 0.15) is 25.8 Å². The van der Waals surface area contributed by atoms with Gasteiger partial charge < -0.3 is 5.32 Å². The maximum atomic E-state index is 12.9. The molecule has 1 aliphatic rings. The van der Waals surface area contributed by atoms with Crippen LogP contribution in [0.15, 0.2) is 29.2 Å². The van der Waals surface area contributed by atoms with E-state index in [1.807, 2.05) is 23.9 Å². The fraction of sp³-hybridized carbons (Fsp3) is 0.600. The molecule has 118 valence electrons. The quantitative estimate of drug-likeness (QED) is 0.870. The molecule has 1 aromatic rings. The van der Waals surface area contributed by atoms with Crippen LogP contribution < -0.4 is 5.32 Å².